The highest BCUT2D eigenvalue weighted by Crippen LogP contribution is 2.32. The minimum atomic E-state index is -0.144. The minimum absolute atomic E-state index is 0.0109. The summed E-state index contributed by atoms with van der Waals surface area (Å²) >= 11 is 0. The van der Waals surface area contributed by atoms with Crippen LogP contribution in [0.2, 0.25) is 0 Å². The molecule has 0 saturated carbocycles. The van der Waals surface area contributed by atoms with Crippen molar-refractivity contribution in [3.05, 3.63) is 53.2 Å². The maximum Gasteiger partial charge on any atom is 0.246 e. The molecule has 8 heteroatoms. The van der Waals surface area contributed by atoms with Crippen molar-refractivity contribution in [3.8, 4) is 11.5 Å². The Kier molecular flexibility index (Phi) is 7.70. The number of methoxy groups -OCH3 is 1. The van der Waals surface area contributed by atoms with Crippen LogP contribution in [-0.2, 0) is 22.7 Å². The second-order valence-electron chi connectivity index (χ2n) is 7.70. The number of nitrogens with one attached hydrogen (secondary N) is 1. The van der Waals surface area contributed by atoms with Gasteiger partial charge in [-0.05, 0) is 30.2 Å². The van der Waals surface area contributed by atoms with Gasteiger partial charge in [0, 0.05) is 50.6 Å². The maximum absolute atomic E-state index is 12.7. The molecule has 32 heavy (non-hydrogen) atoms. The monoisotopic (exact) mass is 438 g/mol. The first-order valence-corrected chi connectivity index (χ1v) is 10.6. The number of aromatic nitrogens is 1. The standard InChI is InChI=1S/C24H30N4O4/c1-5-11-32-23-18(7-6-8-20(23)31-4)15-27(2)21(29)10-9-17-12-19-16-28(3)22(30)14-26-24(19)25-13-17/h6-10,12-13H,5,11,14-16H2,1-4H3,(H,25,26)/b10-9+. The molecule has 3 rings (SSSR count). The van der Waals surface area contributed by atoms with Gasteiger partial charge >= 0.3 is 0 Å². The summed E-state index contributed by atoms with van der Waals surface area (Å²) in [5, 5.41) is 3.05. The highest BCUT2D eigenvalue weighted by Gasteiger charge is 2.18. The van der Waals surface area contributed by atoms with E-state index in [1.807, 2.05) is 31.2 Å². The van der Waals surface area contributed by atoms with Crippen LogP contribution in [0.15, 0.2) is 36.5 Å². The largest absolute Gasteiger partial charge is 0.493 e. The van der Waals surface area contributed by atoms with Crippen LogP contribution in [0.3, 0.4) is 0 Å². The van der Waals surface area contributed by atoms with Crippen LogP contribution < -0.4 is 14.8 Å². The molecule has 2 heterocycles. The fourth-order valence-electron chi connectivity index (χ4n) is 3.38. The van der Waals surface area contributed by atoms with Crippen LogP contribution in [-0.4, -0.2) is 61.0 Å². The molecule has 1 aromatic heterocycles. The lowest BCUT2D eigenvalue weighted by molar-refractivity contribution is -0.128. The average molecular weight is 439 g/mol. The number of hydrogen-bond donors (Lipinski definition) is 1. The summed E-state index contributed by atoms with van der Waals surface area (Å²) in [5.41, 5.74) is 2.59. The van der Waals surface area contributed by atoms with Crippen molar-refractivity contribution in [2.75, 3.05) is 39.7 Å². The van der Waals surface area contributed by atoms with Gasteiger partial charge in [-0.15, -0.1) is 0 Å². The molecule has 1 aliphatic heterocycles. The number of pyridine rings is 1. The molecule has 1 N–H and O–H groups in total. The number of fused-ring (bicyclic) bond motifs is 1. The molecule has 0 radical (unpaired) electrons. The number of para-hydroxylation sites is 1. The number of benzene rings is 1. The topological polar surface area (TPSA) is 84.0 Å². The molecule has 1 aromatic carbocycles. The predicted octanol–water partition coefficient (Wildman–Crippen LogP) is 2.93. The van der Waals surface area contributed by atoms with Crippen molar-refractivity contribution in [3.63, 3.8) is 0 Å². The molecule has 2 amide bonds. The third-order valence-electron chi connectivity index (χ3n) is 5.16. The molecule has 0 aliphatic carbocycles. The number of hydrogen-bond acceptors (Lipinski definition) is 6. The zero-order chi connectivity index (χ0) is 23.1. The van der Waals surface area contributed by atoms with E-state index in [1.54, 1.807) is 43.3 Å². The van der Waals surface area contributed by atoms with E-state index in [2.05, 4.69) is 10.3 Å². The zero-order valence-electron chi connectivity index (χ0n) is 19.1. The van der Waals surface area contributed by atoms with Crippen LogP contribution in [0.5, 0.6) is 11.5 Å². The molecule has 170 valence electrons. The lowest BCUT2D eigenvalue weighted by atomic mass is 10.1. The van der Waals surface area contributed by atoms with Crippen molar-refractivity contribution in [1.82, 2.24) is 14.8 Å². The fraction of sp³-hybridized carbons (Fsp3) is 0.375. The van der Waals surface area contributed by atoms with E-state index < -0.39 is 0 Å². The van der Waals surface area contributed by atoms with Crippen molar-refractivity contribution in [1.29, 1.82) is 0 Å². The summed E-state index contributed by atoms with van der Waals surface area (Å²) in [6.45, 7) is 3.70. The van der Waals surface area contributed by atoms with Crippen molar-refractivity contribution in [2.24, 2.45) is 0 Å². The lowest BCUT2D eigenvalue weighted by Gasteiger charge is -2.19. The number of nitrogens with zero attached hydrogens (tertiary/aromatic N) is 3. The summed E-state index contributed by atoms with van der Waals surface area (Å²) in [6, 6.07) is 7.61. The van der Waals surface area contributed by atoms with Gasteiger partial charge in [-0.2, -0.15) is 0 Å². The van der Waals surface area contributed by atoms with E-state index in [0.717, 1.165) is 23.1 Å². The van der Waals surface area contributed by atoms with E-state index in [9.17, 15) is 9.59 Å². The molecule has 0 bridgehead atoms. The van der Waals surface area contributed by atoms with E-state index in [-0.39, 0.29) is 18.4 Å². The van der Waals surface area contributed by atoms with E-state index in [4.69, 9.17) is 9.47 Å². The number of carbonyl (C=O) groups excluding carboxylic acids is 2. The lowest BCUT2D eigenvalue weighted by Crippen LogP contribution is -2.28. The number of carbonyl (C=O) groups is 2. The normalized spacial score (nSPS) is 13.4. The molecule has 0 spiro atoms. The van der Waals surface area contributed by atoms with Crippen LogP contribution >= 0.6 is 0 Å². The first-order valence-electron chi connectivity index (χ1n) is 10.6. The Bertz CT molecular complexity index is 1010. The summed E-state index contributed by atoms with van der Waals surface area (Å²) < 4.78 is 11.3. The van der Waals surface area contributed by atoms with E-state index >= 15 is 0 Å². The number of rotatable bonds is 8. The van der Waals surface area contributed by atoms with E-state index in [0.29, 0.717) is 37.0 Å². The Labute approximate surface area is 188 Å². The van der Waals surface area contributed by atoms with Gasteiger partial charge in [0.2, 0.25) is 11.8 Å². The van der Waals surface area contributed by atoms with Gasteiger partial charge in [0.1, 0.15) is 5.82 Å². The van der Waals surface area contributed by atoms with Crippen molar-refractivity contribution >= 4 is 23.7 Å². The van der Waals surface area contributed by atoms with Gasteiger partial charge in [-0.25, -0.2) is 4.98 Å². The molecule has 8 nitrogen and oxygen atoms in total. The average Bonchev–Trinajstić information content (AvgIpc) is 2.93. The highest BCUT2D eigenvalue weighted by molar-refractivity contribution is 5.91. The number of ether oxygens (including phenoxy) is 2. The summed E-state index contributed by atoms with van der Waals surface area (Å²) in [7, 11) is 5.11. The van der Waals surface area contributed by atoms with E-state index in [1.165, 1.54) is 6.08 Å². The third-order valence-corrected chi connectivity index (χ3v) is 5.16. The van der Waals surface area contributed by atoms with Crippen LogP contribution in [0.4, 0.5) is 5.82 Å². The quantitative estimate of drug-likeness (QED) is 0.638. The number of amides is 2. The Morgan fingerprint density at radius 3 is 2.94 bits per heavy atom. The number of likely N-dealkylation sites (N-methyl/N-ethyl adjacent to an activating group) is 2. The molecule has 0 fully saturated rings. The molecule has 1 aliphatic rings. The summed E-state index contributed by atoms with van der Waals surface area (Å²) in [5.74, 6) is 1.88. The third kappa shape index (κ3) is 5.57. The Morgan fingerprint density at radius 1 is 1.38 bits per heavy atom. The molecule has 2 aromatic rings. The van der Waals surface area contributed by atoms with Gasteiger partial charge in [-0.3, -0.25) is 9.59 Å². The molecular weight excluding hydrogens is 408 g/mol. The van der Waals surface area contributed by atoms with Crippen LogP contribution in [0.25, 0.3) is 6.08 Å². The first-order chi connectivity index (χ1) is 15.4. The van der Waals surface area contributed by atoms with Crippen LogP contribution in [0.1, 0.15) is 30.0 Å². The fourth-order valence-corrected chi connectivity index (χ4v) is 3.38. The van der Waals surface area contributed by atoms with Gasteiger partial charge in [-0.1, -0.05) is 19.1 Å². The minimum Gasteiger partial charge on any atom is -0.493 e. The molecule has 0 saturated heterocycles. The summed E-state index contributed by atoms with van der Waals surface area (Å²) in [6.07, 6.45) is 5.82. The maximum atomic E-state index is 12.7. The Morgan fingerprint density at radius 2 is 2.19 bits per heavy atom. The first kappa shape index (κ1) is 23.1. The highest BCUT2D eigenvalue weighted by atomic mass is 16.5. The SMILES string of the molecule is CCCOc1c(CN(C)C(=O)/C=C/c2cnc3c(c2)CN(C)C(=O)CN3)cccc1OC. The van der Waals surface area contributed by atoms with Gasteiger partial charge in [0.25, 0.3) is 0 Å². The van der Waals surface area contributed by atoms with Crippen molar-refractivity contribution < 1.29 is 19.1 Å². The Hall–Kier alpha value is -3.55. The Balaban J connectivity index is 1.70. The second-order valence-corrected chi connectivity index (χ2v) is 7.70. The van der Waals surface area contributed by atoms with Gasteiger partial charge in [0.15, 0.2) is 11.5 Å². The smallest absolute Gasteiger partial charge is 0.246 e. The summed E-state index contributed by atoms with van der Waals surface area (Å²) in [4.78, 5) is 32.3. The molecule has 0 atom stereocenters. The van der Waals surface area contributed by atoms with Crippen LogP contribution in [0, 0.1) is 0 Å². The number of anilines is 1. The van der Waals surface area contributed by atoms with Gasteiger partial charge in [0.05, 0.1) is 20.3 Å². The van der Waals surface area contributed by atoms with Gasteiger partial charge < -0.3 is 24.6 Å². The molecular formula is C24H30N4O4. The molecule has 0 unspecified atom stereocenters. The predicted molar refractivity (Wildman–Crippen MR) is 123 cm³/mol. The van der Waals surface area contributed by atoms with Crippen molar-refractivity contribution in [2.45, 2.75) is 26.4 Å². The zero-order valence-corrected chi connectivity index (χ0v) is 19.1. The second kappa shape index (κ2) is 10.7.